The van der Waals surface area contributed by atoms with Gasteiger partial charge in [-0.25, -0.2) is 4.39 Å². The first-order valence-corrected chi connectivity index (χ1v) is 4.70. The highest BCUT2D eigenvalue weighted by molar-refractivity contribution is 5.35. The van der Waals surface area contributed by atoms with Gasteiger partial charge in [0.05, 0.1) is 0 Å². The Morgan fingerprint density at radius 3 is 3.00 bits per heavy atom. The van der Waals surface area contributed by atoms with Crippen LogP contribution < -0.4 is 5.73 Å². The molecule has 1 aromatic carbocycles. The van der Waals surface area contributed by atoms with Crippen molar-refractivity contribution in [2.45, 2.75) is 32.2 Å². The maximum atomic E-state index is 13.4. The van der Waals surface area contributed by atoms with Crippen molar-refractivity contribution < 1.29 is 4.39 Å². The van der Waals surface area contributed by atoms with Crippen LogP contribution in [0.3, 0.4) is 0 Å². The fraction of sp³-hybridized carbons (Fsp3) is 0.455. The molecule has 13 heavy (non-hydrogen) atoms. The zero-order valence-corrected chi connectivity index (χ0v) is 7.81. The van der Waals surface area contributed by atoms with Crippen LogP contribution in [0, 0.1) is 12.7 Å². The van der Waals surface area contributed by atoms with Crippen LogP contribution in [0.1, 0.15) is 23.1 Å². The lowest BCUT2D eigenvalue weighted by molar-refractivity contribution is 0.533. The van der Waals surface area contributed by atoms with E-state index in [1.807, 2.05) is 6.92 Å². The molecule has 2 N–H and O–H groups in total. The van der Waals surface area contributed by atoms with Gasteiger partial charge < -0.3 is 5.73 Å². The summed E-state index contributed by atoms with van der Waals surface area (Å²) in [6.07, 6.45) is 2.60. The van der Waals surface area contributed by atoms with Gasteiger partial charge in [-0.1, -0.05) is 6.07 Å². The zero-order valence-electron chi connectivity index (χ0n) is 7.81. The van der Waals surface area contributed by atoms with Gasteiger partial charge in [0, 0.05) is 6.04 Å². The van der Waals surface area contributed by atoms with E-state index in [1.54, 1.807) is 6.07 Å². The molecule has 2 rings (SSSR count). The lowest BCUT2D eigenvalue weighted by atomic mass is 9.87. The third-order valence-corrected chi connectivity index (χ3v) is 2.68. The Balaban J connectivity index is 2.47. The Kier molecular flexibility index (Phi) is 2.08. The van der Waals surface area contributed by atoms with Gasteiger partial charge >= 0.3 is 0 Å². The molecule has 0 fully saturated rings. The highest BCUT2D eigenvalue weighted by Gasteiger charge is 2.18. The Morgan fingerprint density at radius 2 is 2.23 bits per heavy atom. The van der Waals surface area contributed by atoms with Crippen molar-refractivity contribution in [3.05, 3.63) is 34.6 Å². The van der Waals surface area contributed by atoms with E-state index < -0.39 is 0 Å². The minimum absolute atomic E-state index is 0.0786. The molecule has 1 aliphatic rings. The standard InChI is InChI=1S/C11H14FN/c1-7-4-8-2-3-9(13)6-10(8)11(12)5-7/h4-5,9H,2-3,6,13H2,1H3. The van der Waals surface area contributed by atoms with Gasteiger partial charge in [0.1, 0.15) is 5.82 Å². The fourth-order valence-corrected chi connectivity index (χ4v) is 2.00. The highest BCUT2D eigenvalue weighted by atomic mass is 19.1. The van der Waals surface area contributed by atoms with Gasteiger partial charge in [-0.15, -0.1) is 0 Å². The molecule has 2 heteroatoms. The number of benzene rings is 1. The zero-order chi connectivity index (χ0) is 9.42. The Hall–Kier alpha value is -0.890. The summed E-state index contributed by atoms with van der Waals surface area (Å²) in [5, 5.41) is 0. The largest absolute Gasteiger partial charge is 0.327 e. The number of hydrogen-bond acceptors (Lipinski definition) is 1. The van der Waals surface area contributed by atoms with Crippen molar-refractivity contribution in [2.75, 3.05) is 0 Å². The van der Waals surface area contributed by atoms with Crippen molar-refractivity contribution in [1.82, 2.24) is 0 Å². The van der Waals surface area contributed by atoms with E-state index in [2.05, 4.69) is 6.07 Å². The molecular weight excluding hydrogens is 165 g/mol. The molecular formula is C11H14FN. The molecule has 70 valence electrons. The molecule has 0 amide bonds. The minimum atomic E-state index is -0.0786. The topological polar surface area (TPSA) is 26.0 Å². The summed E-state index contributed by atoms with van der Waals surface area (Å²) in [6.45, 7) is 1.93. The van der Waals surface area contributed by atoms with Crippen molar-refractivity contribution in [2.24, 2.45) is 5.73 Å². The van der Waals surface area contributed by atoms with Gasteiger partial charge in [-0.2, -0.15) is 0 Å². The van der Waals surface area contributed by atoms with Gasteiger partial charge in [-0.3, -0.25) is 0 Å². The monoisotopic (exact) mass is 179 g/mol. The molecule has 0 aliphatic heterocycles. The lowest BCUT2D eigenvalue weighted by Crippen LogP contribution is -2.28. The Bertz CT molecular complexity index is 333. The SMILES string of the molecule is Cc1cc(F)c2c(c1)CCC(N)C2. The van der Waals surface area contributed by atoms with Gasteiger partial charge in [0.15, 0.2) is 0 Å². The summed E-state index contributed by atoms with van der Waals surface area (Å²) in [4.78, 5) is 0. The summed E-state index contributed by atoms with van der Waals surface area (Å²) in [6, 6.07) is 3.81. The number of rotatable bonds is 0. The predicted octanol–water partition coefficient (Wildman–Crippen LogP) is 1.95. The average molecular weight is 179 g/mol. The summed E-state index contributed by atoms with van der Waals surface area (Å²) in [5.74, 6) is -0.0786. The van der Waals surface area contributed by atoms with Gasteiger partial charge in [0.25, 0.3) is 0 Å². The van der Waals surface area contributed by atoms with Crippen LogP contribution in [-0.4, -0.2) is 6.04 Å². The Labute approximate surface area is 77.8 Å². The van der Waals surface area contributed by atoms with Crippen LogP contribution in [0.15, 0.2) is 12.1 Å². The summed E-state index contributed by atoms with van der Waals surface area (Å²) in [5.41, 5.74) is 8.79. The van der Waals surface area contributed by atoms with Crippen LogP contribution in [0.5, 0.6) is 0 Å². The van der Waals surface area contributed by atoms with Crippen molar-refractivity contribution >= 4 is 0 Å². The van der Waals surface area contributed by atoms with Crippen LogP contribution in [0.2, 0.25) is 0 Å². The van der Waals surface area contributed by atoms with Crippen LogP contribution in [0.4, 0.5) is 4.39 Å². The maximum Gasteiger partial charge on any atom is 0.126 e. The van der Waals surface area contributed by atoms with E-state index in [-0.39, 0.29) is 11.9 Å². The molecule has 1 unspecified atom stereocenters. The molecule has 0 radical (unpaired) electrons. The first kappa shape index (κ1) is 8.70. The van der Waals surface area contributed by atoms with Crippen molar-refractivity contribution in [1.29, 1.82) is 0 Å². The second kappa shape index (κ2) is 3.11. The number of fused-ring (bicyclic) bond motifs is 1. The first-order chi connectivity index (χ1) is 6.16. The summed E-state index contributed by atoms with van der Waals surface area (Å²) >= 11 is 0. The molecule has 0 saturated carbocycles. The van der Waals surface area contributed by atoms with Crippen LogP contribution >= 0.6 is 0 Å². The smallest absolute Gasteiger partial charge is 0.126 e. The fourth-order valence-electron chi connectivity index (χ4n) is 2.00. The van der Waals surface area contributed by atoms with E-state index in [4.69, 9.17) is 5.73 Å². The van der Waals surface area contributed by atoms with Crippen LogP contribution in [-0.2, 0) is 12.8 Å². The summed E-state index contributed by atoms with van der Waals surface area (Å²) in [7, 11) is 0. The third kappa shape index (κ3) is 1.59. The molecule has 1 atom stereocenters. The highest BCUT2D eigenvalue weighted by Crippen LogP contribution is 2.24. The van der Waals surface area contributed by atoms with E-state index in [0.29, 0.717) is 6.42 Å². The molecule has 0 aromatic heterocycles. The third-order valence-electron chi connectivity index (χ3n) is 2.68. The second-order valence-electron chi connectivity index (χ2n) is 3.89. The molecule has 0 spiro atoms. The first-order valence-electron chi connectivity index (χ1n) is 4.70. The molecule has 0 bridgehead atoms. The van der Waals surface area contributed by atoms with E-state index in [0.717, 1.165) is 29.5 Å². The molecule has 1 nitrogen and oxygen atoms in total. The van der Waals surface area contributed by atoms with Crippen LogP contribution in [0.25, 0.3) is 0 Å². The molecule has 1 aliphatic carbocycles. The van der Waals surface area contributed by atoms with Crippen molar-refractivity contribution in [3.8, 4) is 0 Å². The molecule has 0 saturated heterocycles. The number of hydrogen-bond donors (Lipinski definition) is 1. The van der Waals surface area contributed by atoms with E-state index >= 15 is 0 Å². The average Bonchev–Trinajstić information content (AvgIpc) is 2.06. The number of aryl methyl sites for hydroxylation is 2. The molecule has 0 heterocycles. The second-order valence-corrected chi connectivity index (χ2v) is 3.89. The number of nitrogens with two attached hydrogens (primary N) is 1. The Morgan fingerprint density at radius 1 is 1.46 bits per heavy atom. The molecule has 1 aromatic rings. The maximum absolute atomic E-state index is 13.4. The quantitative estimate of drug-likeness (QED) is 0.647. The van der Waals surface area contributed by atoms with Crippen molar-refractivity contribution in [3.63, 3.8) is 0 Å². The van der Waals surface area contributed by atoms with E-state index in [1.165, 1.54) is 0 Å². The normalized spacial score (nSPS) is 21.3. The van der Waals surface area contributed by atoms with E-state index in [9.17, 15) is 4.39 Å². The van der Waals surface area contributed by atoms with Gasteiger partial charge in [0.2, 0.25) is 0 Å². The number of halogens is 1. The minimum Gasteiger partial charge on any atom is -0.327 e. The predicted molar refractivity (Wildman–Crippen MR) is 51.1 cm³/mol. The summed E-state index contributed by atoms with van der Waals surface area (Å²) < 4.78 is 13.4. The van der Waals surface area contributed by atoms with Gasteiger partial charge in [-0.05, 0) is 48.9 Å². The lowest BCUT2D eigenvalue weighted by Gasteiger charge is -2.22.